The molecule has 1 aliphatic heterocycles. The average molecular weight is 535 g/mol. The fourth-order valence-electron chi connectivity index (χ4n) is 3.66. The number of likely N-dealkylation sites (N-methyl/N-ethyl adjacent to an activating group) is 1. The summed E-state index contributed by atoms with van der Waals surface area (Å²) in [7, 11) is 1.72. The molecule has 0 bridgehead atoms. The number of nitrogens with zero attached hydrogens (tertiary/aromatic N) is 1. The van der Waals surface area contributed by atoms with Gasteiger partial charge >= 0.3 is 18.5 Å². The van der Waals surface area contributed by atoms with Crippen molar-refractivity contribution in [1.29, 1.82) is 0 Å². The Kier molecular flexibility index (Phi) is 9.10. The highest BCUT2D eigenvalue weighted by Crippen LogP contribution is 2.39. The van der Waals surface area contributed by atoms with Gasteiger partial charge in [0.15, 0.2) is 0 Å². The highest BCUT2D eigenvalue weighted by molar-refractivity contribution is 6.30. The SMILES string of the molecule is CN1CCCC1C(NC=O)c1cc(C(F)(F)F)cc(C(F)(F)F)c1.FC(F)(F)c1ccc(Cl)cc1. The molecule has 13 heteroatoms. The lowest BCUT2D eigenvalue weighted by Gasteiger charge is -2.30. The zero-order valence-electron chi connectivity index (χ0n) is 18.0. The topological polar surface area (TPSA) is 32.3 Å². The van der Waals surface area contributed by atoms with E-state index in [1.807, 2.05) is 4.90 Å². The first-order chi connectivity index (χ1) is 16.0. The van der Waals surface area contributed by atoms with Crippen LogP contribution in [0.25, 0.3) is 0 Å². The standard InChI is InChI=1S/C15H16F6N2O.C7H4ClF3/c1-23-4-2-3-12(23)13(22-8-24)9-5-10(14(16,17)18)7-11(6-9)15(19,20)21;8-6-3-1-5(2-4-6)7(9,10)11/h5-8,12-13H,2-4H2,1H3,(H,22,24);1-4H. The molecule has 0 radical (unpaired) electrons. The smallest absolute Gasteiger partial charge is 0.350 e. The van der Waals surface area contributed by atoms with E-state index in [0.29, 0.717) is 36.5 Å². The van der Waals surface area contributed by atoms with Crippen LogP contribution in [0.3, 0.4) is 0 Å². The first kappa shape index (κ1) is 28.8. The van der Waals surface area contributed by atoms with Crippen LogP contribution in [0.1, 0.15) is 41.1 Å². The number of nitrogens with one attached hydrogen (secondary N) is 1. The van der Waals surface area contributed by atoms with E-state index < -0.39 is 41.3 Å². The van der Waals surface area contributed by atoms with E-state index in [-0.39, 0.29) is 17.7 Å². The molecule has 35 heavy (non-hydrogen) atoms. The minimum Gasteiger partial charge on any atom is -0.350 e. The lowest BCUT2D eigenvalue weighted by molar-refractivity contribution is -0.143. The van der Waals surface area contributed by atoms with Crippen LogP contribution >= 0.6 is 11.6 Å². The Bertz CT molecular complexity index is 956. The van der Waals surface area contributed by atoms with Crippen molar-refractivity contribution in [2.75, 3.05) is 13.6 Å². The number of carbonyl (C=O) groups is 1. The molecule has 2 unspecified atom stereocenters. The summed E-state index contributed by atoms with van der Waals surface area (Å²) in [6.07, 6.45) is -12.5. The van der Waals surface area contributed by atoms with E-state index in [0.717, 1.165) is 18.6 Å². The van der Waals surface area contributed by atoms with Crippen LogP contribution in [0.15, 0.2) is 42.5 Å². The van der Waals surface area contributed by atoms with Gasteiger partial charge in [-0.1, -0.05) is 11.6 Å². The Labute approximate surface area is 199 Å². The predicted octanol–water partition coefficient (Wildman–Crippen LogP) is 6.96. The highest BCUT2D eigenvalue weighted by Gasteiger charge is 2.39. The van der Waals surface area contributed by atoms with Gasteiger partial charge in [0.05, 0.1) is 22.7 Å². The molecule has 1 amide bonds. The van der Waals surface area contributed by atoms with Crippen LogP contribution in [-0.2, 0) is 23.3 Å². The number of alkyl halides is 9. The monoisotopic (exact) mass is 534 g/mol. The third-order valence-electron chi connectivity index (χ3n) is 5.35. The van der Waals surface area contributed by atoms with E-state index in [2.05, 4.69) is 5.32 Å². The Morgan fingerprint density at radius 1 is 0.886 bits per heavy atom. The van der Waals surface area contributed by atoms with Gasteiger partial charge in [-0.3, -0.25) is 4.79 Å². The summed E-state index contributed by atoms with van der Waals surface area (Å²) in [5.41, 5.74) is -3.65. The molecular formula is C22H20ClF9N2O. The zero-order valence-corrected chi connectivity index (χ0v) is 18.8. The van der Waals surface area contributed by atoms with Crippen molar-refractivity contribution < 1.29 is 44.3 Å². The van der Waals surface area contributed by atoms with Crippen LogP contribution in [-0.4, -0.2) is 30.9 Å². The number of benzene rings is 2. The molecule has 0 aromatic heterocycles. The molecule has 0 saturated carbocycles. The maximum atomic E-state index is 13.0. The van der Waals surface area contributed by atoms with E-state index in [9.17, 15) is 44.3 Å². The average Bonchev–Trinajstić information content (AvgIpc) is 3.16. The van der Waals surface area contributed by atoms with Crippen molar-refractivity contribution in [3.05, 3.63) is 69.7 Å². The van der Waals surface area contributed by atoms with E-state index in [1.165, 1.54) is 12.1 Å². The van der Waals surface area contributed by atoms with Gasteiger partial charge in [0.25, 0.3) is 0 Å². The van der Waals surface area contributed by atoms with Crippen molar-refractivity contribution in [3.63, 3.8) is 0 Å². The van der Waals surface area contributed by atoms with Crippen LogP contribution in [0, 0.1) is 0 Å². The lowest BCUT2D eigenvalue weighted by Crippen LogP contribution is -2.38. The van der Waals surface area contributed by atoms with E-state index in [1.54, 1.807) is 7.05 Å². The number of amides is 1. The number of hydrogen-bond donors (Lipinski definition) is 1. The Morgan fingerprint density at radius 3 is 1.74 bits per heavy atom. The van der Waals surface area contributed by atoms with Crippen molar-refractivity contribution in [1.82, 2.24) is 10.2 Å². The summed E-state index contributed by atoms with van der Waals surface area (Å²) in [5.74, 6) is 0. The second kappa shape index (κ2) is 11.1. The number of halogens is 10. The van der Waals surface area contributed by atoms with Crippen LogP contribution in [0.4, 0.5) is 39.5 Å². The molecule has 3 rings (SSSR count). The summed E-state index contributed by atoms with van der Waals surface area (Å²) in [6.45, 7) is 0.660. The molecule has 2 aromatic carbocycles. The van der Waals surface area contributed by atoms with Crippen molar-refractivity contribution in [3.8, 4) is 0 Å². The molecule has 1 aliphatic rings. The Balaban J connectivity index is 0.000000328. The van der Waals surface area contributed by atoms with Gasteiger partial charge in [0.2, 0.25) is 6.41 Å². The Hall–Kier alpha value is -2.47. The van der Waals surface area contributed by atoms with Gasteiger partial charge in [-0.15, -0.1) is 0 Å². The van der Waals surface area contributed by atoms with Gasteiger partial charge < -0.3 is 10.2 Å². The molecule has 2 atom stereocenters. The second-order valence-corrected chi connectivity index (χ2v) is 8.23. The molecular weight excluding hydrogens is 515 g/mol. The predicted molar refractivity (Wildman–Crippen MR) is 110 cm³/mol. The molecule has 0 aliphatic carbocycles. The summed E-state index contributed by atoms with van der Waals surface area (Å²) in [4.78, 5) is 12.7. The van der Waals surface area contributed by atoms with Gasteiger partial charge in [-0.2, -0.15) is 39.5 Å². The van der Waals surface area contributed by atoms with Crippen molar-refractivity contribution in [2.24, 2.45) is 0 Å². The van der Waals surface area contributed by atoms with Crippen molar-refractivity contribution >= 4 is 18.0 Å². The largest absolute Gasteiger partial charge is 0.416 e. The van der Waals surface area contributed by atoms with Crippen LogP contribution < -0.4 is 5.32 Å². The first-order valence-corrected chi connectivity index (χ1v) is 10.4. The fourth-order valence-corrected chi connectivity index (χ4v) is 3.78. The molecule has 3 nitrogen and oxygen atoms in total. The molecule has 1 N–H and O–H groups in total. The maximum Gasteiger partial charge on any atom is 0.416 e. The molecule has 2 aromatic rings. The van der Waals surface area contributed by atoms with Crippen LogP contribution in [0.2, 0.25) is 5.02 Å². The molecule has 1 saturated heterocycles. The Morgan fingerprint density at radius 2 is 1.37 bits per heavy atom. The summed E-state index contributed by atoms with van der Waals surface area (Å²) >= 11 is 5.39. The molecule has 1 fully saturated rings. The normalized spacial score (nSPS) is 18.0. The number of likely N-dealkylation sites (tertiary alicyclic amines) is 1. The third-order valence-corrected chi connectivity index (χ3v) is 5.60. The van der Waals surface area contributed by atoms with E-state index in [4.69, 9.17) is 11.6 Å². The minimum absolute atomic E-state index is 0.0832. The summed E-state index contributed by atoms with van der Waals surface area (Å²) < 4.78 is 113. The lowest BCUT2D eigenvalue weighted by atomic mass is 9.93. The fraction of sp³-hybridized carbons (Fsp3) is 0.409. The van der Waals surface area contributed by atoms with Gasteiger partial charge in [0.1, 0.15) is 0 Å². The highest BCUT2D eigenvalue weighted by atomic mass is 35.5. The summed E-state index contributed by atoms with van der Waals surface area (Å²) in [6, 6.07) is 4.43. The minimum atomic E-state index is -4.91. The van der Waals surface area contributed by atoms with Gasteiger partial charge in [-0.25, -0.2) is 0 Å². The van der Waals surface area contributed by atoms with Gasteiger partial charge in [-0.05, 0) is 74.5 Å². The maximum absolute atomic E-state index is 13.0. The van der Waals surface area contributed by atoms with Gasteiger partial charge in [0, 0.05) is 11.1 Å². The quantitative estimate of drug-likeness (QED) is 0.340. The second-order valence-electron chi connectivity index (χ2n) is 7.80. The number of hydrogen-bond acceptors (Lipinski definition) is 2. The zero-order chi connectivity index (χ0) is 26.6. The summed E-state index contributed by atoms with van der Waals surface area (Å²) in [5, 5.41) is 2.68. The number of rotatable bonds is 4. The first-order valence-electron chi connectivity index (χ1n) is 10.1. The van der Waals surface area contributed by atoms with Crippen molar-refractivity contribution in [2.45, 2.75) is 43.5 Å². The van der Waals surface area contributed by atoms with Crippen LogP contribution in [0.5, 0.6) is 0 Å². The van der Waals surface area contributed by atoms with E-state index >= 15 is 0 Å². The molecule has 194 valence electrons. The molecule has 0 spiro atoms. The molecule has 1 heterocycles. The number of carbonyl (C=O) groups excluding carboxylic acids is 1. The third kappa shape index (κ3) is 8.03.